The number of hydrogen-bond donors (Lipinski definition) is 0. The van der Waals surface area contributed by atoms with Gasteiger partial charge in [0.05, 0.1) is 24.4 Å². The highest BCUT2D eigenvalue weighted by molar-refractivity contribution is 6.05. The van der Waals surface area contributed by atoms with Crippen molar-refractivity contribution in [3.05, 3.63) is 36.0 Å². The molecular weight excluding hydrogens is 336 g/mol. The van der Waals surface area contributed by atoms with Gasteiger partial charge in [-0.1, -0.05) is 38.8 Å². The van der Waals surface area contributed by atoms with Crippen molar-refractivity contribution in [1.82, 2.24) is 0 Å². The standard InChI is InChI=1S/C20H26O6/c1-4-7-8-9-12-25-19(23)17-16(18(22)24-6-3)14-10-11-20(17,13-14)26-15(21)5-2/h5,10-11,14H,2,4,6-9,12-13H2,1,3H3. The maximum absolute atomic E-state index is 12.7. The lowest BCUT2D eigenvalue weighted by Gasteiger charge is -2.26. The zero-order valence-electron chi connectivity index (χ0n) is 15.4. The highest BCUT2D eigenvalue weighted by Crippen LogP contribution is 2.50. The van der Waals surface area contributed by atoms with E-state index in [4.69, 9.17) is 14.2 Å². The molecule has 2 bridgehead atoms. The lowest BCUT2D eigenvalue weighted by atomic mass is 9.93. The first-order chi connectivity index (χ1) is 12.5. The van der Waals surface area contributed by atoms with Crippen molar-refractivity contribution in [3.8, 4) is 0 Å². The second-order valence-electron chi connectivity index (χ2n) is 6.39. The van der Waals surface area contributed by atoms with E-state index in [2.05, 4.69) is 13.5 Å². The fourth-order valence-corrected chi connectivity index (χ4v) is 3.39. The smallest absolute Gasteiger partial charge is 0.339 e. The van der Waals surface area contributed by atoms with Crippen LogP contribution in [0.3, 0.4) is 0 Å². The Balaban J connectivity index is 2.24. The van der Waals surface area contributed by atoms with Gasteiger partial charge in [-0.25, -0.2) is 14.4 Å². The minimum Gasteiger partial charge on any atom is -0.463 e. The minimum atomic E-state index is -1.28. The first-order valence-corrected chi connectivity index (χ1v) is 9.12. The summed E-state index contributed by atoms with van der Waals surface area (Å²) in [5, 5.41) is 0. The van der Waals surface area contributed by atoms with E-state index in [0.29, 0.717) is 6.42 Å². The number of allylic oxidation sites excluding steroid dienone is 1. The third-order valence-electron chi connectivity index (χ3n) is 4.56. The molecular formula is C20H26O6. The summed E-state index contributed by atoms with van der Waals surface area (Å²) < 4.78 is 15.9. The van der Waals surface area contributed by atoms with Crippen molar-refractivity contribution in [2.45, 2.75) is 51.6 Å². The normalized spacial score (nSPS) is 23.1. The molecule has 0 fully saturated rings. The van der Waals surface area contributed by atoms with Crippen LogP contribution in [0.2, 0.25) is 0 Å². The number of carbonyl (C=O) groups excluding carboxylic acids is 3. The molecule has 2 unspecified atom stereocenters. The van der Waals surface area contributed by atoms with Crippen LogP contribution in [0.1, 0.15) is 46.0 Å². The van der Waals surface area contributed by atoms with Gasteiger partial charge in [-0.05, 0) is 19.4 Å². The van der Waals surface area contributed by atoms with Gasteiger partial charge in [0.15, 0.2) is 5.60 Å². The second kappa shape index (κ2) is 8.83. The molecule has 2 aliphatic carbocycles. The molecule has 0 N–H and O–H groups in total. The molecule has 6 heteroatoms. The van der Waals surface area contributed by atoms with Gasteiger partial charge in [-0.15, -0.1) is 0 Å². The molecule has 0 spiro atoms. The molecule has 0 aromatic carbocycles. The van der Waals surface area contributed by atoms with Crippen LogP contribution in [0.4, 0.5) is 0 Å². The van der Waals surface area contributed by atoms with Crippen molar-refractivity contribution in [1.29, 1.82) is 0 Å². The van der Waals surface area contributed by atoms with Gasteiger partial charge in [0, 0.05) is 18.4 Å². The van der Waals surface area contributed by atoms with Gasteiger partial charge in [0.1, 0.15) is 0 Å². The fraction of sp³-hybridized carbons (Fsp3) is 0.550. The van der Waals surface area contributed by atoms with Crippen LogP contribution in [0.15, 0.2) is 36.0 Å². The van der Waals surface area contributed by atoms with E-state index in [1.54, 1.807) is 19.1 Å². The van der Waals surface area contributed by atoms with E-state index in [-0.39, 0.29) is 30.3 Å². The second-order valence-corrected chi connectivity index (χ2v) is 6.39. The van der Waals surface area contributed by atoms with Crippen LogP contribution in [0.25, 0.3) is 0 Å². The number of carbonyl (C=O) groups is 3. The minimum absolute atomic E-state index is 0.0779. The highest BCUT2D eigenvalue weighted by atomic mass is 16.6. The van der Waals surface area contributed by atoms with E-state index in [1.807, 2.05) is 0 Å². The molecule has 0 aromatic heterocycles. The molecule has 2 rings (SSSR count). The van der Waals surface area contributed by atoms with E-state index in [1.165, 1.54) is 0 Å². The number of esters is 3. The molecule has 2 atom stereocenters. The van der Waals surface area contributed by atoms with Crippen LogP contribution in [-0.4, -0.2) is 36.7 Å². The Morgan fingerprint density at radius 1 is 1.19 bits per heavy atom. The van der Waals surface area contributed by atoms with Gasteiger partial charge < -0.3 is 14.2 Å². The van der Waals surface area contributed by atoms with Crippen LogP contribution >= 0.6 is 0 Å². The molecule has 2 aliphatic rings. The van der Waals surface area contributed by atoms with Crippen molar-refractivity contribution >= 4 is 17.9 Å². The molecule has 0 aliphatic heterocycles. The Hall–Kier alpha value is -2.37. The van der Waals surface area contributed by atoms with Crippen LogP contribution in [0, 0.1) is 5.92 Å². The zero-order valence-corrected chi connectivity index (χ0v) is 15.4. The Morgan fingerprint density at radius 2 is 1.96 bits per heavy atom. The molecule has 0 saturated carbocycles. The maximum Gasteiger partial charge on any atom is 0.339 e. The predicted molar refractivity (Wildman–Crippen MR) is 95.0 cm³/mol. The molecule has 0 saturated heterocycles. The fourth-order valence-electron chi connectivity index (χ4n) is 3.39. The summed E-state index contributed by atoms with van der Waals surface area (Å²) in [7, 11) is 0. The molecule has 0 radical (unpaired) electrons. The molecule has 6 nitrogen and oxygen atoms in total. The predicted octanol–water partition coefficient (Wildman–Crippen LogP) is 3.03. The van der Waals surface area contributed by atoms with Crippen molar-refractivity contribution < 1.29 is 28.6 Å². The average molecular weight is 362 g/mol. The summed E-state index contributed by atoms with van der Waals surface area (Å²) >= 11 is 0. The van der Waals surface area contributed by atoms with Crippen molar-refractivity contribution in [3.63, 3.8) is 0 Å². The van der Waals surface area contributed by atoms with Crippen LogP contribution < -0.4 is 0 Å². The first-order valence-electron chi connectivity index (χ1n) is 9.12. The van der Waals surface area contributed by atoms with Gasteiger partial charge in [-0.2, -0.15) is 0 Å². The zero-order chi connectivity index (χ0) is 19.2. The van der Waals surface area contributed by atoms with E-state index < -0.39 is 23.5 Å². The van der Waals surface area contributed by atoms with Gasteiger partial charge >= 0.3 is 17.9 Å². The Bertz CT molecular complexity index is 645. The third-order valence-corrected chi connectivity index (χ3v) is 4.56. The number of hydrogen-bond acceptors (Lipinski definition) is 6. The Labute approximate surface area is 153 Å². The summed E-state index contributed by atoms with van der Waals surface area (Å²) in [5.74, 6) is -2.19. The first kappa shape index (κ1) is 19.9. The maximum atomic E-state index is 12.7. The Kier molecular flexibility index (Phi) is 6.77. The van der Waals surface area contributed by atoms with Crippen LogP contribution in [-0.2, 0) is 28.6 Å². The van der Waals surface area contributed by atoms with E-state index >= 15 is 0 Å². The largest absolute Gasteiger partial charge is 0.463 e. The van der Waals surface area contributed by atoms with Crippen molar-refractivity contribution in [2.75, 3.05) is 13.2 Å². The molecule has 0 aromatic rings. The van der Waals surface area contributed by atoms with Crippen molar-refractivity contribution in [2.24, 2.45) is 5.92 Å². The van der Waals surface area contributed by atoms with Gasteiger partial charge in [0.2, 0.25) is 0 Å². The topological polar surface area (TPSA) is 78.9 Å². The third kappa shape index (κ3) is 4.06. The van der Waals surface area contributed by atoms with E-state index in [0.717, 1.165) is 31.8 Å². The average Bonchev–Trinajstić information content (AvgIpc) is 3.17. The molecule has 0 heterocycles. The number of ether oxygens (including phenoxy) is 3. The number of fused-ring (bicyclic) bond motifs is 2. The quantitative estimate of drug-likeness (QED) is 0.195. The SMILES string of the molecule is C=CC(=O)OC12C=CC(C1)C(C(=O)OCC)=C2C(=O)OCCCCCC. The number of unbranched alkanes of at least 4 members (excludes halogenated alkanes) is 3. The molecule has 26 heavy (non-hydrogen) atoms. The van der Waals surface area contributed by atoms with Gasteiger partial charge in [0.25, 0.3) is 0 Å². The lowest BCUT2D eigenvalue weighted by molar-refractivity contribution is -0.150. The van der Waals surface area contributed by atoms with Crippen LogP contribution in [0.5, 0.6) is 0 Å². The highest BCUT2D eigenvalue weighted by Gasteiger charge is 2.55. The summed E-state index contributed by atoms with van der Waals surface area (Å²) in [4.78, 5) is 36.9. The molecule has 142 valence electrons. The number of rotatable bonds is 10. The Morgan fingerprint density at radius 3 is 2.62 bits per heavy atom. The summed E-state index contributed by atoms with van der Waals surface area (Å²) in [5.41, 5.74) is -0.975. The van der Waals surface area contributed by atoms with E-state index in [9.17, 15) is 14.4 Å². The summed E-state index contributed by atoms with van der Waals surface area (Å²) in [6.07, 6.45) is 8.62. The lowest BCUT2D eigenvalue weighted by Crippen LogP contribution is -2.36. The summed E-state index contributed by atoms with van der Waals surface area (Å²) in [6, 6.07) is 0. The summed E-state index contributed by atoms with van der Waals surface area (Å²) in [6.45, 7) is 7.64. The monoisotopic (exact) mass is 362 g/mol. The van der Waals surface area contributed by atoms with Gasteiger partial charge in [-0.3, -0.25) is 0 Å². The molecule has 0 amide bonds.